The number of carbonyl (C=O) groups is 1. The quantitative estimate of drug-likeness (QED) is 0.842. The molecule has 20 heavy (non-hydrogen) atoms. The Bertz CT molecular complexity index is 662. The van der Waals surface area contributed by atoms with Crippen LogP contribution in [-0.2, 0) is 0 Å². The van der Waals surface area contributed by atoms with Crippen LogP contribution < -0.4 is 15.8 Å². The molecule has 0 saturated carbocycles. The molecule has 0 fully saturated rings. The first-order valence-electron chi connectivity index (χ1n) is 5.72. The molecular formula is C14H12BrFN2O2. The van der Waals surface area contributed by atoms with Crippen molar-refractivity contribution in [1.29, 1.82) is 0 Å². The molecule has 3 N–H and O–H groups in total. The molecule has 0 atom stereocenters. The maximum atomic E-state index is 13.3. The van der Waals surface area contributed by atoms with Gasteiger partial charge in [-0.15, -0.1) is 0 Å². The molecule has 6 heteroatoms. The summed E-state index contributed by atoms with van der Waals surface area (Å²) >= 11 is 3.32. The van der Waals surface area contributed by atoms with Gasteiger partial charge in [-0.3, -0.25) is 4.79 Å². The third-order valence-corrected chi connectivity index (χ3v) is 3.33. The number of rotatable bonds is 3. The van der Waals surface area contributed by atoms with Gasteiger partial charge in [0, 0.05) is 5.69 Å². The number of ether oxygens (including phenoxy) is 1. The fourth-order valence-corrected chi connectivity index (χ4v) is 2.22. The molecule has 2 aromatic carbocycles. The largest absolute Gasteiger partial charge is 0.496 e. The van der Waals surface area contributed by atoms with Gasteiger partial charge in [0.1, 0.15) is 11.6 Å². The maximum absolute atomic E-state index is 13.3. The van der Waals surface area contributed by atoms with Gasteiger partial charge in [-0.25, -0.2) is 4.39 Å². The number of hydrogen-bond donors (Lipinski definition) is 2. The Labute approximate surface area is 123 Å². The molecule has 0 aliphatic heterocycles. The van der Waals surface area contributed by atoms with Crippen LogP contribution in [0.1, 0.15) is 10.4 Å². The highest BCUT2D eigenvalue weighted by molar-refractivity contribution is 9.10. The number of amides is 1. The van der Waals surface area contributed by atoms with E-state index in [4.69, 9.17) is 10.5 Å². The zero-order valence-electron chi connectivity index (χ0n) is 10.6. The summed E-state index contributed by atoms with van der Waals surface area (Å²) < 4.78 is 19.1. The lowest BCUT2D eigenvalue weighted by Crippen LogP contribution is -2.14. The lowest BCUT2D eigenvalue weighted by atomic mass is 10.1. The van der Waals surface area contributed by atoms with Crippen LogP contribution in [0.4, 0.5) is 15.8 Å². The van der Waals surface area contributed by atoms with E-state index in [1.54, 1.807) is 25.3 Å². The van der Waals surface area contributed by atoms with Gasteiger partial charge in [0.2, 0.25) is 0 Å². The van der Waals surface area contributed by atoms with E-state index in [0.29, 0.717) is 15.9 Å². The summed E-state index contributed by atoms with van der Waals surface area (Å²) in [5.41, 5.74) is 6.02. The number of para-hydroxylation sites is 1. The molecule has 0 saturated heterocycles. The predicted octanol–water partition coefficient (Wildman–Crippen LogP) is 3.43. The fourth-order valence-electron chi connectivity index (χ4n) is 1.68. The van der Waals surface area contributed by atoms with Crippen molar-refractivity contribution >= 4 is 33.2 Å². The number of benzene rings is 2. The summed E-state index contributed by atoms with van der Waals surface area (Å²) in [6.07, 6.45) is 0. The zero-order valence-corrected chi connectivity index (χ0v) is 12.2. The minimum Gasteiger partial charge on any atom is -0.496 e. The van der Waals surface area contributed by atoms with Crippen LogP contribution in [-0.4, -0.2) is 13.0 Å². The van der Waals surface area contributed by atoms with E-state index in [2.05, 4.69) is 21.2 Å². The van der Waals surface area contributed by atoms with Gasteiger partial charge in [-0.05, 0) is 46.3 Å². The Morgan fingerprint density at radius 1 is 1.35 bits per heavy atom. The summed E-state index contributed by atoms with van der Waals surface area (Å²) in [6, 6.07) is 9.17. The van der Waals surface area contributed by atoms with Gasteiger partial charge in [0.15, 0.2) is 0 Å². The molecule has 0 unspecified atom stereocenters. The lowest BCUT2D eigenvalue weighted by Gasteiger charge is -2.10. The second kappa shape index (κ2) is 5.92. The molecule has 104 valence electrons. The molecule has 0 aliphatic carbocycles. The topological polar surface area (TPSA) is 64.3 Å². The molecule has 1 amide bonds. The van der Waals surface area contributed by atoms with Gasteiger partial charge in [0.05, 0.1) is 22.8 Å². The Kier molecular flexibility index (Phi) is 4.24. The van der Waals surface area contributed by atoms with Crippen molar-refractivity contribution in [3.8, 4) is 5.75 Å². The van der Waals surface area contributed by atoms with Gasteiger partial charge in [0.25, 0.3) is 5.91 Å². The highest BCUT2D eigenvalue weighted by Gasteiger charge is 2.13. The standard InChI is InChI=1S/C14H12BrFN2O2/c1-20-12-6-5-8(7-10(12)15)18-14(19)9-3-2-4-11(16)13(9)17/h2-7H,17H2,1H3,(H,18,19). The third kappa shape index (κ3) is 2.91. The van der Waals surface area contributed by atoms with Gasteiger partial charge >= 0.3 is 0 Å². The van der Waals surface area contributed by atoms with E-state index in [1.165, 1.54) is 18.2 Å². The van der Waals surface area contributed by atoms with E-state index in [1.807, 2.05) is 0 Å². The molecule has 2 aromatic rings. The predicted molar refractivity (Wildman–Crippen MR) is 79.5 cm³/mol. The first-order valence-corrected chi connectivity index (χ1v) is 6.51. The number of halogens is 2. The number of hydrogen-bond acceptors (Lipinski definition) is 3. The minimum absolute atomic E-state index is 0.0944. The molecule has 0 aromatic heterocycles. The first-order chi connectivity index (χ1) is 9.52. The van der Waals surface area contributed by atoms with E-state index in [-0.39, 0.29) is 11.3 Å². The second-order valence-electron chi connectivity index (χ2n) is 4.00. The summed E-state index contributed by atoms with van der Waals surface area (Å²) in [7, 11) is 1.55. The normalized spacial score (nSPS) is 10.2. The number of nitrogen functional groups attached to an aromatic ring is 1. The van der Waals surface area contributed by atoms with Crippen LogP contribution in [0.5, 0.6) is 5.75 Å². The van der Waals surface area contributed by atoms with E-state index in [0.717, 1.165) is 0 Å². The number of anilines is 2. The van der Waals surface area contributed by atoms with Crippen LogP contribution in [0.3, 0.4) is 0 Å². The minimum atomic E-state index is -0.617. The lowest BCUT2D eigenvalue weighted by molar-refractivity contribution is 0.102. The number of nitrogens with two attached hydrogens (primary N) is 1. The summed E-state index contributed by atoms with van der Waals surface area (Å²) in [6.45, 7) is 0. The Morgan fingerprint density at radius 3 is 2.75 bits per heavy atom. The van der Waals surface area contributed by atoms with Crippen molar-refractivity contribution in [2.75, 3.05) is 18.2 Å². The summed E-state index contributed by atoms with van der Waals surface area (Å²) in [5.74, 6) is -0.444. The van der Waals surface area contributed by atoms with Crippen LogP contribution in [0.2, 0.25) is 0 Å². The smallest absolute Gasteiger partial charge is 0.257 e. The van der Waals surface area contributed by atoms with E-state index < -0.39 is 11.7 Å². The SMILES string of the molecule is COc1ccc(NC(=O)c2cccc(F)c2N)cc1Br. The van der Waals surface area contributed by atoms with Crippen LogP contribution in [0.15, 0.2) is 40.9 Å². The second-order valence-corrected chi connectivity index (χ2v) is 4.86. The van der Waals surface area contributed by atoms with Crippen molar-refractivity contribution in [3.05, 3.63) is 52.3 Å². The van der Waals surface area contributed by atoms with Gasteiger partial charge in [-0.1, -0.05) is 6.07 Å². The Hall–Kier alpha value is -2.08. The van der Waals surface area contributed by atoms with Gasteiger partial charge in [-0.2, -0.15) is 0 Å². The third-order valence-electron chi connectivity index (χ3n) is 2.71. The fraction of sp³-hybridized carbons (Fsp3) is 0.0714. The van der Waals surface area contributed by atoms with Crippen LogP contribution in [0.25, 0.3) is 0 Å². The summed E-state index contributed by atoms with van der Waals surface area (Å²) in [4.78, 5) is 12.0. The number of methoxy groups -OCH3 is 1. The maximum Gasteiger partial charge on any atom is 0.257 e. The molecule has 0 aliphatic rings. The monoisotopic (exact) mass is 338 g/mol. The Morgan fingerprint density at radius 2 is 2.10 bits per heavy atom. The molecular weight excluding hydrogens is 327 g/mol. The first kappa shape index (κ1) is 14.3. The Balaban J connectivity index is 2.24. The highest BCUT2D eigenvalue weighted by atomic mass is 79.9. The van der Waals surface area contributed by atoms with Crippen LogP contribution >= 0.6 is 15.9 Å². The van der Waals surface area contributed by atoms with E-state index in [9.17, 15) is 9.18 Å². The molecule has 0 spiro atoms. The van der Waals surface area contributed by atoms with Crippen molar-refractivity contribution < 1.29 is 13.9 Å². The average molecular weight is 339 g/mol. The molecule has 2 rings (SSSR count). The van der Waals surface area contributed by atoms with Gasteiger partial charge < -0.3 is 15.8 Å². The van der Waals surface area contributed by atoms with Crippen molar-refractivity contribution in [3.63, 3.8) is 0 Å². The average Bonchev–Trinajstić information content (AvgIpc) is 2.42. The number of carbonyl (C=O) groups excluding carboxylic acids is 1. The van der Waals surface area contributed by atoms with Crippen molar-refractivity contribution in [1.82, 2.24) is 0 Å². The van der Waals surface area contributed by atoms with Crippen LogP contribution in [0, 0.1) is 5.82 Å². The summed E-state index contributed by atoms with van der Waals surface area (Å²) in [5, 5.41) is 2.65. The zero-order chi connectivity index (χ0) is 14.7. The molecule has 0 heterocycles. The van der Waals surface area contributed by atoms with E-state index >= 15 is 0 Å². The van der Waals surface area contributed by atoms with Crippen molar-refractivity contribution in [2.45, 2.75) is 0 Å². The van der Waals surface area contributed by atoms with Crippen molar-refractivity contribution in [2.24, 2.45) is 0 Å². The molecule has 0 radical (unpaired) electrons. The molecule has 0 bridgehead atoms. The highest BCUT2D eigenvalue weighted by Crippen LogP contribution is 2.28. The molecule has 4 nitrogen and oxygen atoms in total. The number of nitrogens with one attached hydrogen (secondary N) is 1.